The van der Waals surface area contributed by atoms with E-state index in [-0.39, 0.29) is 5.91 Å². The first kappa shape index (κ1) is 39.6. The van der Waals surface area contributed by atoms with E-state index in [9.17, 15) is 44.3 Å². The number of carboxylic acids is 3. The maximum atomic E-state index is 12.6. The van der Waals surface area contributed by atoms with Gasteiger partial charge >= 0.3 is 36.4 Å². The van der Waals surface area contributed by atoms with Crippen molar-refractivity contribution in [1.82, 2.24) is 24.3 Å². The van der Waals surface area contributed by atoms with Crippen molar-refractivity contribution in [2.75, 3.05) is 6.54 Å². The normalized spacial score (nSPS) is 18.2. The molecule has 2 aromatic heterocycles. The van der Waals surface area contributed by atoms with Gasteiger partial charge in [0.05, 0.1) is 18.8 Å². The highest BCUT2D eigenvalue weighted by atomic mass is 19.4. The molecular weight excluding hydrogens is 653 g/mol. The second-order valence-electron chi connectivity index (χ2n) is 9.59. The van der Waals surface area contributed by atoms with Crippen LogP contribution >= 0.6 is 0 Å². The summed E-state index contributed by atoms with van der Waals surface area (Å²) >= 11 is 0. The standard InChI is InChI=1S/C19H25N5O.3C2HF3O2/c1-14-4-3-5-15(21-14)12-24-17-8-10-23(16(17)6-7-19(24)25)13-18-20-9-11-22(18)2;3*3-2(4,5)1(6)7/h3-5,9,11,16-17H,6-8,10,12-13H2,1-2H3;3*(H,6,7)/t16-,17-;;;/m1.../s1. The number of aryl methyl sites for hydroxylation is 2. The lowest BCUT2D eigenvalue weighted by molar-refractivity contribution is -0.193. The largest absolute Gasteiger partial charge is 0.490 e. The predicted octanol–water partition coefficient (Wildman–Crippen LogP) is 3.79. The Balaban J connectivity index is 0.000000413. The minimum atomic E-state index is -5.08. The number of hydrogen-bond donors (Lipinski definition) is 3. The summed E-state index contributed by atoms with van der Waals surface area (Å²) in [5, 5.41) is 21.4. The average Bonchev–Trinajstić information content (AvgIpc) is 3.51. The number of likely N-dealkylation sites (tertiary alicyclic amines) is 2. The van der Waals surface area contributed by atoms with Crippen LogP contribution in [-0.4, -0.2) is 101 Å². The fourth-order valence-corrected chi connectivity index (χ4v) is 4.23. The summed E-state index contributed by atoms with van der Waals surface area (Å²) < 4.78 is 97.3. The minimum Gasteiger partial charge on any atom is -0.475 e. The van der Waals surface area contributed by atoms with Crippen LogP contribution in [0, 0.1) is 6.92 Å². The molecule has 0 saturated carbocycles. The average molecular weight is 682 g/mol. The molecule has 2 aliphatic heterocycles. The number of piperidine rings is 1. The van der Waals surface area contributed by atoms with E-state index in [4.69, 9.17) is 29.7 Å². The molecular formula is C25H28F9N5O7. The molecule has 3 N–H and O–H groups in total. The number of amides is 1. The number of halogens is 9. The minimum absolute atomic E-state index is 0.267. The number of aliphatic carboxylic acids is 3. The van der Waals surface area contributed by atoms with Gasteiger partial charge in [0.25, 0.3) is 0 Å². The summed E-state index contributed by atoms with van der Waals surface area (Å²) in [6.45, 7) is 4.50. The molecule has 2 aromatic rings. The number of pyridine rings is 1. The van der Waals surface area contributed by atoms with Crippen molar-refractivity contribution in [3.8, 4) is 0 Å². The monoisotopic (exact) mass is 681 g/mol. The van der Waals surface area contributed by atoms with Crippen LogP contribution < -0.4 is 0 Å². The van der Waals surface area contributed by atoms with Gasteiger partial charge in [-0.2, -0.15) is 39.5 Å². The van der Waals surface area contributed by atoms with E-state index in [1.165, 1.54) is 0 Å². The lowest BCUT2D eigenvalue weighted by Gasteiger charge is -2.39. The first-order valence-electron chi connectivity index (χ1n) is 12.8. The smallest absolute Gasteiger partial charge is 0.475 e. The lowest BCUT2D eigenvalue weighted by atomic mass is 9.96. The number of hydrogen-bond acceptors (Lipinski definition) is 7. The van der Waals surface area contributed by atoms with Crippen molar-refractivity contribution in [2.24, 2.45) is 7.05 Å². The molecule has 0 aliphatic carbocycles. The molecule has 4 heterocycles. The third-order valence-corrected chi connectivity index (χ3v) is 6.27. The van der Waals surface area contributed by atoms with Crippen molar-refractivity contribution >= 4 is 23.8 Å². The first-order chi connectivity index (χ1) is 20.9. The van der Waals surface area contributed by atoms with E-state index < -0.39 is 36.4 Å². The van der Waals surface area contributed by atoms with Crippen LogP contribution in [-0.2, 0) is 39.3 Å². The fourth-order valence-electron chi connectivity index (χ4n) is 4.23. The lowest BCUT2D eigenvalue weighted by Crippen LogP contribution is -2.51. The molecule has 0 bridgehead atoms. The van der Waals surface area contributed by atoms with Crippen molar-refractivity contribution < 1.29 is 74.0 Å². The number of carboxylic acid groups (broad SMARTS) is 3. The highest BCUT2D eigenvalue weighted by Crippen LogP contribution is 2.33. The van der Waals surface area contributed by atoms with E-state index in [2.05, 4.69) is 24.3 Å². The first-order valence-corrected chi connectivity index (χ1v) is 12.8. The molecule has 258 valence electrons. The zero-order valence-corrected chi connectivity index (χ0v) is 23.9. The summed E-state index contributed by atoms with van der Waals surface area (Å²) in [5.41, 5.74) is 1.98. The Morgan fingerprint density at radius 2 is 1.35 bits per heavy atom. The molecule has 0 radical (unpaired) electrons. The Morgan fingerprint density at radius 1 is 0.848 bits per heavy atom. The van der Waals surface area contributed by atoms with E-state index in [0.717, 1.165) is 43.1 Å². The van der Waals surface area contributed by atoms with E-state index >= 15 is 0 Å². The second kappa shape index (κ2) is 16.2. The number of alkyl halides is 9. The zero-order chi connectivity index (χ0) is 35.6. The summed E-state index contributed by atoms with van der Waals surface area (Å²) in [5.74, 6) is -6.92. The van der Waals surface area contributed by atoms with Crippen LogP contribution in [0.1, 0.15) is 36.5 Å². The zero-order valence-electron chi connectivity index (χ0n) is 23.9. The molecule has 2 fully saturated rings. The number of carbonyl (C=O) groups is 4. The van der Waals surface area contributed by atoms with Gasteiger partial charge in [0.15, 0.2) is 0 Å². The second-order valence-corrected chi connectivity index (χ2v) is 9.59. The topological polar surface area (TPSA) is 166 Å². The van der Waals surface area contributed by atoms with Crippen molar-refractivity contribution in [3.63, 3.8) is 0 Å². The van der Waals surface area contributed by atoms with Gasteiger partial charge in [-0.05, 0) is 31.9 Å². The molecule has 0 spiro atoms. The Labute approximate surface area is 254 Å². The van der Waals surface area contributed by atoms with Crippen LogP contribution in [0.15, 0.2) is 30.6 Å². The Hall–Kier alpha value is -4.43. The molecule has 12 nitrogen and oxygen atoms in total. The Kier molecular flexibility index (Phi) is 14.0. The van der Waals surface area contributed by atoms with Crippen LogP contribution in [0.3, 0.4) is 0 Å². The molecule has 46 heavy (non-hydrogen) atoms. The highest BCUT2D eigenvalue weighted by Gasteiger charge is 2.43. The van der Waals surface area contributed by atoms with Crippen molar-refractivity contribution in [3.05, 3.63) is 47.8 Å². The SMILES string of the molecule is Cc1cccc(CN2C(=O)CC[C@@H]3[C@H]2CCN3Cc2nccn2C)n1.O=C(O)C(F)(F)F.O=C(O)C(F)(F)F.O=C(O)C(F)(F)F. The van der Waals surface area contributed by atoms with Gasteiger partial charge in [-0.15, -0.1) is 0 Å². The summed E-state index contributed by atoms with van der Waals surface area (Å²) in [6.07, 6.45) is -8.80. The molecule has 1 amide bonds. The maximum Gasteiger partial charge on any atom is 0.490 e. The van der Waals surface area contributed by atoms with Gasteiger partial charge in [-0.1, -0.05) is 6.07 Å². The fraction of sp³-hybridized carbons (Fsp3) is 0.520. The Bertz CT molecular complexity index is 1290. The highest BCUT2D eigenvalue weighted by molar-refractivity contribution is 5.77. The Morgan fingerprint density at radius 3 is 1.76 bits per heavy atom. The molecule has 2 atom stereocenters. The van der Waals surface area contributed by atoms with Crippen LogP contribution in [0.5, 0.6) is 0 Å². The number of rotatable bonds is 4. The third kappa shape index (κ3) is 12.9. The van der Waals surface area contributed by atoms with E-state index in [1.54, 1.807) is 0 Å². The van der Waals surface area contributed by atoms with Crippen molar-refractivity contribution in [1.29, 1.82) is 0 Å². The summed E-state index contributed by atoms with van der Waals surface area (Å²) in [4.78, 5) is 52.9. The van der Waals surface area contributed by atoms with Crippen LogP contribution in [0.2, 0.25) is 0 Å². The van der Waals surface area contributed by atoms with Gasteiger partial charge in [-0.25, -0.2) is 19.4 Å². The van der Waals surface area contributed by atoms with Crippen LogP contribution in [0.4, 0.5) is 39.5 Å². The quantitative estimate of drug-likeness (QED) is 0.405. The number of fused-ring (bicyclic) bond motifs is 1. The maximum absolute atomic E-state index is 12.6. The summed E-state index contributed by atoms with van der Waals surface area (Å²) in [6, 6.07) is 6.76. The van der Waals surface area contributed by atoms with Gasteiger partial charge in [0.2, 0.25) is 5.91 Å². The summed E-state index contributed by atoms with van der Waals surface area (Å²) in [7, 11) is 2.04. The molecule has 0 unspecified atom stereocenters. The molecule has 2 saturated heterocycles. The van der Waals surface area contributed by atoms with Gasteiger partial charge in [0, 0.05) is 50.2 Å². The van der Waals surface area contributed by atoms with Gasteiger partial charge < -0.3 is 24.8 Å². The number of carbonyl (C=O) groups excluding carboxylic acids is 1. The van der Waals surface area contributed by atoms with E-state index in [1.807, 2.05) is 44.6 Å². The number of nitrogens with zero attached hydrogens (tertiary/aromatic N) is 5. The predicted molar refractivity (Wildman–Crippen MR) is 136 cm³/mol. The van der Waals surface area contributed by atoms with E-state index in [0.29, 0.717) is 25.0 Å². The molecule has 2 aliphatic rings. The van der Waals surface area contributed by atoms with Crippen LogP contribution in [0.25, 0.3) is 0 Å². The molecule has 21 heteroatoms. The molecule has 4 rings (SSSR count). The third-order valence-electron chi connectivity index (χ3n) is 6.27. The van der Waals surface area contributed by atoms with Crippen molar-refractivity contribution in [2.45, 2.75) is 69.9 Å². The molecule has 0 aromatic carbocycles. The van der Waals surface area contributed by atoms with Gasteiger partial charge in [0.1, 0.15) is 5.82 Å². The number of aromatic nitrogens is 3. The number of imidazole rings is 1. The van der Waals surface area contributed by atoms with Gasteiger partial charge in [-0.3, -0.25) is 14.7 Å².